The third kappa shape index (κ3) is 4.65. The Bertz CT molecular complexity index is 1080. The minimum Gasteiger partial charge on any atom is -0.312 e. The molecule has 2 N–H and O–H groups in total. The maximum atomic E-state index is 13.3. The van der Waals surface area contributed by atoms with Crippen molar-refractivity contribution in [2.45, 2.75) is 18.9 Å². The molecule has 4 rings (SSSR count). The van der Waals surface area contributed by atoms with Crippen molar-refractivity contribution in [3.8, 4) is 10.6 Å². The third-order valence-electron chi connectivity index (χ3n) is 4.64. The average Bonchev–Trinajstić information content (AvgIpc) is 3.38. The molecule has 0 unspecified atom stereocenters. The van der Waals surface area contributed by atoms with Crippen LogP contribution in [-0.4, -0.2) is 39.6 Å². The number of anilines is 2. The average molecular weight is 490 g/mol. The van der Waals surface area contributed by atoms with E-state index >= 15 is 0 Å². The predicted octanol–water partition coefficient (Wildman–Crippen LogP) is 4.74. The van der Waals surface area contributed by atoms with Crippen LogP contribution in [0.15, 0.2) is 53.0 Å². The number of halogens is 2. The highest BCUT2D eigenvalue weighted by atomic mass is 79.9. The molecular weight excluding hydrogens is 473 g/mol. The van der Waals surface area contributed by atoms with Gasteiger partial charge >= 0.3 is 6.03 Å². The lowest BCUT2D eigenvalue weighted by Gasteiger charge is -2.23. The van der Waals surface area contributed by atoms with Crippen LogP contribution in [0.1, 0.15) is 12.8 Å². The molecule has 154 valence electrons. The zero-order valence-electron chi connectivity index (χ0n) is 15.6. The minimum atomic E-state index is -0.626. The number of benzene rings is 2. The molecule has 2 aromatic carbocycles. The summed E-state index contributed by atoms with van der Waals surface area (Å²) in [4.78, 5) is 26.8. The number of urea groups is 1. The fourth-order valence-electron chi connectivity index (χ4n) is 3.22. The van der Waals surface area contributed by atoms with E-state index in [-0.39, 0.29) is 5.91 Å². The van der Waals surface area contributed by atoms with E-state index in [1.165, 1.54) is 34.4 Å². The second-order valence-electron chi connectivity index (χ2n) is 6.70. The van der Waals surface area contributed by atoms with E-state index in [1.54, 1.807) is 6.07 Å². The van der Waals surface area contributed by atoms with Gasteiger partial charge in [0.2, 0.25) is 11.0 Å². The molecule has 30 heavy (non-hydrogen) atoms. The van der Waals surface area contributed by atoms with Crippen LogP contribution in [0, 0.1) is 5.82 Å². The number of nitrogens with zero attached hydrogens (tertiary/aromatic N) is 3. The van der Waals surface area contributed by atoms with Crippen molar-refractivity contribution in [1.29, 1.82) is 0 Å². The first-order valence-electron chi connectivity index (χ1n) is 9.23. The van der Waals surface area contributed by atoms with Gasteiger partial charge < -0.3 is 10.2 Å². The second kappa shape index (κ2) is 8.88. The Morgan fingerprint density at radius 1 is 1.13 bits per heavy atom. The molecule has 1 saturated heterocycles. The first kappa shape index (κ1) is 20.4. The lowest BCUT2D eigenvalue weighted by molar-refractivity contribution is -0.119. The van der Waals surface area contributed by atoms with E-state index in [0.717, 1.165) is 10.0 Å². The van der Waals surface area contributed by atoms with Crippen molar-refractivity contribution in [2.75, 3.05) is 17.2 Å². The van der Waals surface area contributed by atoms with Gasteiger partial charge in [0.15, 0.2) is 0 Å². The predicted molar refractivity (Wildman–Crippen MR) is 117 cm³/mol. The lowest BCUT2D eigenvalue weighted by Crippen LogP contribution is -2.45. The molecule has 7 nitrogen and oxygen atoms in total. The van der Waals surface area contributed by atoms with Gasteiger partial charge in [-0.25, -0.2) is 9.18 Å². The first-order valence-corrected chi connectivity index (χ1v) is 10.8. The van der Waals surface area contributed by atoms with Crippen LogP contribution in [0.3, 0.4) is 0 Å². The smallest absolute Gasteiger partial charge is 0.312 e. The normalized spacial score (nSPS) is 15.8. The summed E-state index contributed by atoms with van der Waals surface area (Å²) in [7, 11) is 0. The molecule has 3 aromatic rings. The number of nitrogens with one attached hydrogen (secondary N) is 2. The number of amides is 3. The summed E-state index contributed by atoms with van der Waals surface area (Å²) < 4.78 is 14.3. The molecule has 1 aromatic heterocycles. The van der Waals surface area contributed by atoms with E-state index in [4.69, 9.17) is 0 Å². The number of aromatic nitrogens is 2. The highest BCUT2D eigenvalue weighted by molar-refractivity contribution is 9.10. The highest BCUT2D eigenvalue weighted by Crippen LogP contribution is 2.28. The van der Waals surface area contributed by atoms with E-state index in [9.17, 15) is 14.0 Å². The van der Waals surface area contributed by atoms with Crippen LogP contribution in [0.5, 0.6) is 0 Å². The van der Waals surface area contributed by atoms with Crippen LogP contribution in [0.25, 0.3) is 10.6 Å². The van der Waals surface area contributed by atoms with Gasteiger partial charge in [-0.2, -0.15) is 0 Å². The Morgan fingerprint density at radius 2 is 1.93 bits per heavy atom. The molecule has 0 radical (unpaired) electrons. The molecular formula is C20H17BrFN5O2S. The molecule has 0 bridgehead atoms. The van der Waals surface area contributed by atoms with Gasteiger partial charge in [0.1, 0.15) is 16.9 Å². The van der Waals surface area contributed by atoms with Crippen molar-refractivity contribution < 1.29 is 14.0 Å². The number of rotatable bonds is 4. The molecule has 0 saturated carbocycles. The van der Waals surface area contributed by atoms with Crippen LogP contribution < -0.4 is 10.6 Å². The topological polar surface area (TPSA) is 87.2 Å². The molecule has 0 aliphatic carbocycles. The number of carbonyl (C=O) groups is 2. The van der Waals surface area contributed by atoms with Gasteiger partial charge in [-0.1, -0.05) is 45.5 Å². The van der Waals surface area contributed by atoms with Gasteiger partial charge in [0.25, 0.3) is 0 Å². The summed E-state index contributed by atoms with van der Waals surface area (Å²) in [6.45, 7) is 0.444. The first-order chi connectivity index (χ1) is 14.5. The summed E-state index contributed by atoms with van der Waals surface area (Å²) in [5.74, 6) is -0.762. The van der Waals surface area contributed by atoms with Crippen molar-refractivity contribution in [1.82, 2.24) is 15.1 Å². The maximum Gasteiger partial charge on any atom is 0.322 e. The van der Waals surface area contributed by atoms with E-state index in [0.29, 0.717) is 35.2 Å². The minimum absolute atomic E-state index is 0.319. The van der Waals surface area contributed by atoms with E-state index in [2.05, 4.69) is 36.8 Å². The molecule has 1 aliphatic heterocycles. The summed E-state index contributed by atoms with van der Waals surface area (Å²) in [6.07, 6.45) is 1.25. The van der Waals surface area contributed by atoms with Gasteiger partial charge in [-0.3, -0.25) is 10.1 Å². The van der Waals surface area contributed by atoms with Gasteiger partial charge in [0.05, 0.1) is 0 Å². The number of hydrogen-bond acceptors (Lipinski definition) is 5. The lowest BCUT2D eigenvalue weighted by atomic mass is 10.2. The van der Waals surface area contributed by atoms with Crippen molar-refractivity contribution >= 4 is 50.0 Å². The zero-order valence-corrected chi connectivity index (χ0v) is 18.0. The van der Waals surface area contributed by atoms with E-state index in [1.807, 2.05) is 24.3 Å². The summed E-state index contributed by atoms with van der Waals surface area (Å²) in [5, 5.41) is 14.6. The number of likely N-dealkylation sites (tertiary alicyclic amines) is 1. The number of hydrogen-bond donors (Lipinski definition) is 2. The Labute approximate surface area is 184 Å². The molecule has 1 aliphatic rings. The number of carbonyl (C=O) groups excluding carboxylic acids is 2. The molecule has 0 spiro atoms. The molecule has 10 heteroatoms. The molecule has 3 amide bonds. The fraction of sp³-hybridized carbons (Fsp3) is 0.200. The Balaban J connectivity index is 1.41. The quantitative estimate of drug-likeness (QED) is 0.553. The Kier molecular flexibility index (Phi) is 6.05. The zero-order chi connectivity index (χ0) is 21.1. The second-order valence-corrected chi connectivity index (χ2v) is 8.59. The molecule has 1 atom stereocenters. The van der Waals surface area contributed by atoms with Crippen LogP contribution >= 0.6 is 27.3 Å². The molecule has 1 fully saturated rings. The van der Waals surface area contributed by atoms with Gasteiger partial charge in [0, 0.05) is 22.3 Å². The summed E-state index contributed by atoms with van der Waals surface area (Å²) in [5.41, 5.74) is 1.24. The van der Waals surface area contributed by atoms with Gasteiger partial charge in [-0.15, -0.1) is 10.2 Å². The van der Waals surface area contributed by atoms with Crippen molar-refractivity contribution in [3.05, 3.63) is 58.8 Å². The third-order valence-corrected chi connectivity index (χ3v) is 6.05. The summed E-state index contributed by atoms with van der Waals surface area (Å²) >= 11 is 4.65. The van der Waals surface area contributed by atoms with Gasteiger partial charge in [-0.05, 0) is 43.2 Å². The highest BCUT2D eigenvalue weighted by Gasteiger charge is 2.34. The maximum absolute atomic E-state index is 13.3. The van der Waals surface area contributed by atoms with Crippen molar-refractivity contribution in [3.63, 3.8) is 0 Å². The summed E-state index contributed by atoms with van der Waals surface area (Å²) in [6, 6.07) is 12.2. The molecule has 2 heterocycles. The largest absolute Gasteiger partial charge is 0.322 e. The van der Waals surface area contributed by atoms with E-state index < -0.39 is 17.9 Å². The van der Waals surface area contributed by atoms with Crippen LogP contribution in [0.2, 0.25) is 0 Å². The van der Waals surface area contributed by atoms with Crippen LogP contribution in [-0.2, 0) is 4.79 Å². The van der Waals surface area contributed by atoms with Crippen LogP contribution in [0.4, 0.5) is 20.0 Å². The monoisotopic (exact) mass is 489 g/mol. The SMILES string of the molecule is O=C(Nc1nnc(-c2ccc(Br)cc2)s1)[C@H]1CCCN1C(=O)Nc1cccc(F)c1. The Morgan fingerprint density at radius 3 is 2.70 bits per heavy atom. The fourth-order valence-corrected chi connectivity index (χ4v) is 4.23. The Hall–Kier alpha value is -2.85. The van der Waals surface area contributed by atoms with Crippen molar-refractivity contribution in [2.24, 2.45) is 0 Å². The standard InChI is InChI=1S/C20H17BrFN5O2S/c21-13-8-6-12(7-9-13)18-25-26-19(30-18)24-17(28)16-5-2-10-27(16)20(29)23-15-4-1-3-14(22)11-15/h1,3-4,6-9,11,16H,2,5,10H2,(H,23,29)(H,24,26,28)/t16-/m1/s1.